The van der Waals surface area contributed by atoms with Crippen LogP contribution in [0.5, 0.6) is 0 Å². The van der Waals surface area contributed by atoms with Crippen molar-refractivity contribution in [3.8, 4) is 0 Å². The van der Waals surface area contributed by atoms with Crippen LogP contribution in [0.3, 0.4) is 0 Å². The zero-order valence-electron chi connectivity index (χ0n) is 12.7. The molecule has 0 atom stereocenters. The van der Waals surface area contributed by atoms with Crippen molar-refractivity contribution < 1.29 is 14.7 Å². The largest absolute Gasteiger partial charge is 0.409 e. The quantitative estimate of drug-likeness (QED) is 0.273. The van der Waals surface area contributed by atoms with Gasteiger partial charge in [-0.05, 0) is 25.7 Å². The van der Waals surface area contributed by atoms with Gasteiger partial charge in [0.25, 0.3) is 0 Å². The van der Waals surface area contributed by atoms with E-state index in [9.17, 15) is 4.79 Å². The lowest BCUT2D eigenvalue weighted by Crippen LogP contribution is -2.56. The fourth-order valence-electron chi connectivity index (χ4n) is 2.87. The first-order valence-electron chi connectivity index (χ1n) is 7.35. The van der Waals surface area contributed by atoms with Crippen LogP contribution >= 0.6 is 0 Å². The maximum Gasteiger partial charge on any atom is 0.234 e. The summed E-state index contributed by atoms with van der Waals surface area (Å²) in [5.74, 6) is -0.114. The number of rotatable bonds is 8. The highest BCUT2D eigenvalue weighted by Crippen LogP contribution is 2.32. The van der Waals surface area contributed by atoms with Crippen LogP contribution in [0, 0.1) is 5.41 Å². The standard InChI is InChI=1S/C14H27N3O3/c1-4-6-14(7-5-2,12(15)17-19)13(18)16-10-8-11(9-10)20-3/h10-11,19H,4-9H2,1-3H3,(H2,15,17)(H,16,18). The van der Waals surface area contributed by atoms with E-state index < -0.39 is 5.41 Å². The zero-order valence-corrected chi connectivity index (χ0v) is 12.7. The Hall–Kier alpha value is -1.30. The number of nitrogens with one attached hydrogen (secondary N) is 1. The Balaban J connectivity index is 2.78. The van der Waals surface area contributed by atoms with Gasteiger partial charge in [0.2, 0.25) is 5.91 Å². The van der Waals surface area contributed by atoms with E-state index in [1.165, 1.54) is 0 Å². The van der Waals surface area contributed by atoms with E-state index in [0.29, 0.717) is 12.8 Å². The number of hydrogen-bond donors (Lipinski definition) is 3. The van der Waals surface area contributed by atoms with Crippen molar-refractivity contribution in [1.29, 1.82) is 0 Å². The van der Waals surface area contributed by atoms with Crippen LogP contribution in [-0.2, 0) is 9.53 Å². The molecule has 6 nitrogen and oxygen atoms in total. The molecule has 0 aromatic heterocycles. The summed E-state index contributed by atoms with van der Waals surface area (Å²) >= 11 is 0. The minimum absolute atomic E-state index is 0.0151. The molecule has 1 fully saturated rings. The fourth-order valence-corrected chi connectivity index (χ4v) is 2.87. The highest BCUT2D eigenvalue weighted by atomic mass is 16.5. The molecule has 0 aromatic carbocycles. The molecule has 116 valence electrons. The Bertz CT molecular complexity index is 346. The molecular weight excluding hydrogens is 258 g/mol. The number of carbonyl (C=O) groups is 1. The second kappa shape index (κ2) is 7.47. The van der Waals surface area contributed by atoms with Crippen LogP contribution < -0.4 is 11.1 Å². The van der Waals surface area contributed by atoms with Gasteiger partial charge in [-0.25, -0.2) is 0 Å². The van der Waals surface area contributed by atoms with Crippen molar-refractivity contribution in [2.24, 2.45) is 16.3 Å². The van der Waals surface area contributed by atoms with E-state index in [1.54, 1.807) is 7.11 Å². The first kappa shape index (κ1) is 16.8. The first-order valence-corrected chi connectivity index (χ1v) is 7.35. The van der Waals surface area contributed by atoms with E-state index in [4.69, 9.17) is 15.7 Å². The van der Waals surface area contributed by atoms with Gasteiger partial charge >= 0.3 is 0 Å². The van der Waals surface area contributed by atoms with Crippen LogP contribution in [0.2, 0.25) is 0 Å². The normalized spacial score (nSPS) is 23.2. The van der Waals surface area contributed by atoms with Gasteiger partial charge < -0.3 is 21.0 Å². The highest BCUT2D eigenvalue weighted by Gasteiger charge is 2.43. The zero-order chi connectivity index (χ0) is 15.2. The summed E-state index contributed by atoms with van der Waals surface area (Å²) in [6, 6.07) is 0.132. The number of amides is 1. The minimum atomic E-state index is -0.892. The second-order valence-corrected chi connectivity index (χ2v) is 5.57. The Labute approximate surface area is 120 Å². The van der Waals surface area contributed by atoms with Crippen molar-refractivity contribution in [3.63, 3.8) is 0 Å². The molecule has 0 spiro atoms. The van der Waals surface area contributed by atoms with Gasteiger partial charge in [-0.1, -0.05) is 31.8 Å². The molecule has 0 bridgehead atoms. The van der Waals surface area contributed by atoms with Gasteiger partial charge in [-0.3, -0.25) is 4.79 Å². The Kier molecular flexibility index (Phi) is 6.26. The first-order chi connectivity index (χ1) is 9.53. The van der Waals surface area contributed by atoms with E-state index in [0.717, 1.165) is 25.7 Å². The number of oxime groups is 1. The molecule has 1 rings (SSSR count). The molecule has 0 aromatic rings. The van der Waals surface area contributed by atoms with Crippen LogP contribution in [0.15, 0.2) is 5.16 Å². The molecule has 0 aliphatic heterocycles. The third-order valence-corrected chi connectivity index (χ3v) is 4.15. The lowest BCUT2D eigenvalue weighted by molar-refractivity contribution is -0.130. The van der Waals surface area contributed by atoms with Crippen molar-refractivity contribution in [1.82, 2.24) is 5.32 Å². The predicted octanol–water partition coefficient (Wildman–Crippen LogP) is 1.61. The Morgan fingerprint density at radius 3 is 2.35 bits per heavy atom. The molecule has 20 heavy (non-hydrogen) atoms. The lowest BCUT2D eigenvalue weighted by atomic mass is 9.76. The summed E-state index contributed by atoms with van der Waals surface area (Å²) in [6.07, 6.45) is 4.66. The molecule has 6 heteroatoms. The molecule has 0 radical (unpaired) electrons. The second-order valence-electron chi connectivity index (χ2n) is 5.57. The maximum absolute atomic E-state index is 12.6. The predicted molar refractivity (Wildman–Crippen MR) is 77.6 cm³/mol. The SMILES string of the molecule is CCCC(CCC)(C(=O)NC1CC(OC)C1)C(N)=NO. The average molecular weight is 285 g/mol. The summed E-state index contributed by atoms with van der Waals surface area (Å²) in [4.78, 5) is 12.6. The minimum Gasteiger partial charge on any atom is -0.409 e. The van der Waals surface area contributed by atoms with Crippen molar-refractivity contribution in [3.05, 3.63) is 0 Å². The Morgan fingerprint density at radius 2 is 1.95 bits per heavy atom. The van der Waals surface area contributed by atoms with Crippen molar-refractivity contribution in [2.75, 3.05) is 7.11 Å². The number of methoxy groups -OCH3 is 1. The highest BCUT2D eigenvalue weighted by molar-refractivity contribution is 6.06. The van der Waals surface area contributed by atoms with E-state index in [-0.39, 0.29) is 23.9 Å². The van der Waals surface area contributed by atoms with E-state index in [1.807, 2.05) is 13.8 Å². The van der Waals surface area contributed by atoms with Crippen LogP contribution in [0.4, 0.5) is 0 Å². The molecule has 0 heterocycles. The molecule has 1 saturated carbocycles. The van der Waals surface area contributed by atoms with Crippen LogP contribution in [0.1, 0.15) is 52.4 Å². The molecule has 0 unspecified atom stereocenters. The maximum atomic E-state index is 12.6. The average Bonchev–Trinajstić information content (AvgIpc) is 2.40. The summed E-state index contributed by atoms with van der Waals surface area (Å²) in [7, 11) is 1.68. The third-order valence-electron chi connectivity index (χ3n) is 4.15. The summed E-state index contributed by atoms with van der Waals surface area (Å²) < 4.78 is 5.21. The summed E-state index contributed by atoms with van der Waals surface area (Å²) in [5.41, 5.74) is 4.94. The van der Waals surface area contributed by atoms with E-state index in [2.05, 4.69) is 10.5 Å². The van der Waals surface area contributed by atoms with Crippen molar-refractivity contribution >= 4 is 11.7 Å². The fraction of sp³-hybridized carbons (Fsp3) is 0.857. The van der Waals surface area contributed by atoms with E-state index >= 15 is 0 Å². The smallest absolute Gasteiger partial charge is 0.234 e. The van der Waals surface area contributed by atoms with Gasteiger partial charge in [-0.15, -0.1) is 0 Å². The van der Waals surface area contributed by atoms with Gasteiger partial charge in [0.15, 0.2) is 5.84 Å². The number of hydrogen-bond acceptors (Lipinski definition) is 4. The summed E-state index contributed by atoms with van der Waals surface area (Å²) in [6.45, 7) is 3.99. The van der Waals surface area contributed by atoms with Gasteiger partial charge in [-0.2, -0.15) is 0 Å². The third kappa shape index (κ3) is 3.42. The topological polar surface area (TPSA) is 96.9 Å². The van der Waals surface area contributed by atoms with Gasteiger partial charge in [0.05, 0.1) is 6.10 Å². The molecule has 4 N–H and O–H groups in total. The lowest BCUT2D eigenvalue weighted by Gasteiger charge is -2.38. The van der Waals surface area contributed by atoms with Crippen LogP contribution in [0.25, 0.3) is 0 Å². The summed E-state index contributed by atoms with van der Waals surface area (Å²) in [5, 5.41) is 15.1. The molecule has 1 aliphatic carbocycles. The Morgan fingerprint density at radius 1 is 1.40 bits per heavy atom. The number of nitrogens with two attached hydrogens (primary N) is 1. The number of amidine groups is 1. The monoisotopic (exact) mass is 285 g/mol. The number of ether oxygens (including phenoxy) is 1. The van der Waals surface area contributed by atoms with Gasteiger partial charge in [0, 0.05) is 13.2 Å². The molecule has 1 aliphatic rings. The molecule has 0 saturated heterocycles. The molecular formula is C14H27N3O3. The van der Waals surface area contributed by atoms with Crippen LogP contribution in [-0.4, -0.2) is 36.2 Å². The van der Waals surface area contributed by atoms with Gasteiger partial charge in [0.1, 0.15) is 5.41 Å². The van der Waals surface area contributed by atoms with Crippen molar-refractivity contribution in [2.45, 2.75) is 64.5 Å². The molecule has 1 amide bonds. The number of carbonyl (C=O) groups excluding carboxylic acids is 1. The number of nitrogens with zero attached hydrogens (tertiary/aromatic N) is 1.